The van der Waals surface area contributed by atoms with E-state index in [-0.39, 0.29) is 17.7 Å². The second kappa shape index (κ2) is 12.1. The minimum Gasteiger partial charge on any atom is -0.377 e. The molecular weight excluding hydrogens is 584 g/mol. The molecule has 1 aliphatic carbocycles. The molecule has 5 bridgehead atoms. The van der Waals surface area contributed by atoms with Crippen LogP contribution in [0.15, 0.2) is 54.9 Å². The van der Waals surface area contributed by atoms with E-state index in [4.69, 9.17) is 9.47 Å². The van der Waals surface area contributed by atoms with Gasteiger partial charge in [0.1, 0.15) is 11.9 Å². The van der Waals surface area contributed by atoms with E-state index in [1.54, 1.807) is 30.4 Å². The number of hydrogen-bond acceptors (Lipinski definition) is 7. The van der Waals surface area contributed by atoms with E-state index in [0.717, 1.165) is 44.3 Å². The molecule has 0 unspecified atom stereocenters. The van der Waals surface area contributed by atoms with Crippen molar-refractivity contribution in [3.63, 3.8) is 0 Å². The highest BCUT2D eigenvalue weighted by Crippen LogP contribution is 2.47. The fraction of sp³-hybridized carbons (Fsp3) is 0.343. The summed E-state index contributed by atoms with van der Waals surface area (Å²) >= 11 is 0. The average molecular weight is 621 g/mol. The Balaban J connectivity index is 1.20. The third-order valence-electron chi connectivity index (χ3n) is 9.24. The Kier molecular flexibility index (Phi) is 7.87. The number of amides is 3. The zero-order chi connectivity index (χ0) is 31.8. The summed E-state index contributed by atoms with van der Waals surface area (Å²) in [6, 6.07) is 10.8. The molecule has 2 aromatic carbocycles. The number of likely N-dealkylation sites (N-methyl/N-ethyl adjacent to an activating group) is 1. The van der Waals surface area contributed by atoms with Crippen LogP contribution in [-0.4, -0.2) is 83.9 Å². The Labute approximate surface area is 266 Å². The second-order valence-corrected chi connectivity index (χ2v) is 12.4. The van der Waals surface area contributed by atoms with Crippen LogP contribution in [0.5, 0.6) is 0 Å². The first-order valence-corrected chi connectivity index (χ1v) is 15.5. The van der Waals surface area contributed by atoms with Crippen molar-refractivity contribution < 1.29 is 23.9 Å². The predicted molar refractivity (Wildman–Crippen MR) is 172 cm³/mol. The molecule has 11 heteroatoms. The maximum Gasteiger partial charge on any atom is 0.251 e. The van der Waals surface area contributed by atoms with Crippen molar-refractivity contribution in [1.29, 1.82) is 0 Å². The average Bonchev–Trinajstić information content (AvgIpc) is 3.75. The topological polar surface area (TPSA) is 139 Å². The number of carbonyl (C=O) groups is 3. The number of nitrogens with zero attached hydrogens (tertiary/aromatic N) is 3. The second-order valence-electron chi connectivity index (χ2n) is 12.4. The number of pyridine rings is 1. The normalized spacial score (nSPS) is 22.8. The van der Waals surface area contributed by atoms with E-state index >= 15 is 0 Å². The summed E-state index contributed by atoms with van der Waals surface area (Å²) in [7, 11) is 1.72. The molecule has 0 saturated heterocycles. The molecule has 0 saturated carbocycles. The molecular formula is C35H36N6O5. The lowest BCUT2D eigenvalue weighted by Gasteiger charge is -2.25. The summed E-state index contributed by atoms with van der Waals surface area (Å²) in [5.74, 6) is -0.0783. The molecule has 3 aliphatic rings. The van der Waals surface area contributed by atoms with Crippen LogP contribution in [0, 0.1) is 6.92 Å². The highest BCUT2D eigenvalue weighted by Gasteiger charge is 2.51. The molecule has 1 spiro atoms. The quantitative estimate of drug-likeness (QED) is 0.313. The molecule has 7 rings (SSSR count). The standard InChI is InChI=1S/C35H36N6O5/c1-21-12-23(13-27-20-37-40-30(21)27)15-29-33(43)41(2)7-9-46-11-10-45-8-3-4-22-14-28-31(36-19-22)39-34(44)35(28)17-25-6-5-24(32(42)38-29)16-26(25)18-35/h3-6,12-14,16,19-20,29H,7-11,15,17-18H2,1-2H3,(H,37,40)(H,38,42)(H,36,39,44)/b4-3-/t29-,35-/m1/s1. The number of aryl methyl sites for hydroxylation is 1. The van der Waals surface area contributed by atoms with Crippen LogP contribution < -0.4 is 10.6 Å². The molecule has 0 fully saturated rings. The first kappa shape index (κ1) is 29.8. The minimum absolute atomic E-state index is 0.0882. The van der Waals surface area contributed by atoms with Gasteiger partial charge < -0.3 is 25.0 Å². The number of hydrogen-bond donors (Lipinski definition) is 3. The largest absolute Gasteiger partial charge is 0.377 e. The number of carbonyl (C=O) groups excluding carboxylic acids is 3. The molecule has 3 amide bonds. The summed E-state index contributed by atoms with van der Waals surface area (Å²) in [5, 5.41) is 14.1. The highest BCUT2D eigenvalue weighted by molar-refractivity contribution is 6.06. The maximum atomic E-state index is 13.8. The van der Waals surface area contributed by atoms with Crippen LogP contribution in [0.2, 0.25) is 0 Å². The van der Waals surface area contributed by atoms with Crippen molar-refractivity contribution in [2.24, 2.45) is 0 Å². The molecule has 2 aliphatic heterocycles. The molecule has 11 nitrogen and oxygen atoms in total. The predicted octanol–water partition coefficient (Wildman–Crippen LogP) is 3.11. The van der Waals surface area contributed by atoms with E-state index < -0.39 is 11.5 Å². The van der Waals surface area contributed by atoms with Crippen molar-refractivity contribution in [1.82, 2.24) is 25.4 Å². The van der Waals surface area contributed by atoms with Crippen LogP contribution >= 0.6 is 0 Å². The lowest BCUT2D eigenvalue weighted by molar-refractivity contribution is -0.132. The number of benzene rings is 2. The Morgan fingerprint density at radius 3 is 2.74 bits per heavy atom. The number of H-pyrrole nitrogens is 1. The van der Waals surface area contributed by atoms with E-state index in [0.29, 0.717) is 63.6 Å². The van der Waals surface area contributed by atoms with Gasteiger partial charge in [-0.1, -0.05) is 24.3 Å². The van der Waals surface area contributed by atoms with Crippen molar-refractivity contribution in [3.05, 3.63) is 93.8 Å². The number of fused-ring (bicyclic) bond motifs is 3. The van der Waals surface area contributed by atoms with Crippen LogP contribution in [0.25, 0.3) is 17.0 Å². The monoisotopic (exact) mass is 620 g/mol. The van der Waals surface area contributed by atoms with Gasteiger partial charge in [-0.2, -0.15) is 5.10 Å². The minimum atomic E-state index is -0.814. The van der Waals surface area contributed by atoms with Crippen molar-refractivity contribution in [2.45, 2.75) is 37.6 Å². The summed E-state index contributed by atoms with van der Waals surface area (Å²) in [4.78, 5) is 47.1. The number of rotatable bonds is 2. The molecule has 4 aromatic rings. The van der Waals surface area contributed by atoms with Gasteiger partial charge in [-0.3, -0.25) is 19.5 Å². The number of nitrogens with one attached hydrogen (secondary N) is 3. The summed E-state index contributed by atoms with van der Waals surface area (Å²) in [6.07, 6.45) is 8.62. The van der Waals surface area contributed by atoms with E-state index in [1.807, 2.05) is 49.4 Å². The van der Waals surface area contributed by atoms with E-state index in [9.17, 15) is 14.4 Å². The van der Waals surface area contributed by atoms with Gasteiger partial charge in [0.2, 0.25) is 11.8 Å². The van der Waals surface area contributed by atoms with E-state index in [1.165, 1.54) is 0 Å². The molecule has 2 aromatic heterocycles. The van der Waals surface area contributed by atoms with Crippen molar-refractivity contribution >= 4 is 40.5 Å². The fourth-order valence-electron chi connectivity index (χ4n) is 6.79. The van der Waals surface area contributed by atoms with Crippen molar-refractivity contribution in [3.8, 4) is 0 Å². The number of anilines is 1. The van der Waals surface area contributed by atoms with Crippen LogP contribution in [0.1, 0.15) is 43.7 Å². The first-order chi connectivity index (χ1) is 22.3. The SMILES string of the molecule is Cc1cc(C[C@H]2NC(=O)c3ccc4c(c3)C[C@@]3(C4)C(=O)Nc4ncc(cc43)/C=C\COCCOCCN(C)C2=O)cc2cn[nH]c12. The number of aromatic amines is 1. The lowest BCUT2D eigenvalue weighted by Crippen LogP contribution is -2.49. The summed E-state index contributed by atoms with van der Waals surface area (Å²) in [5.41, 5.74) is 6.21. The first-order valence-electron chi connectivity index (χ1n) is 15.5. The Morgan fingerprint density at radius 1 is 1.00 bits per heavy atom. The summed E-state index contributed by atoms with van der Waals surface area (Å²) in [6.45, 7) is 3.87. The molecule has 2 atom stereocenters. The Hall–Kier alpha value is -4.87. The van der Waals surface area contributed by atoms with Gasteiger partial charge in [0.05, 0.1) is 43.6 Å². The van der Waals surface area contributed by atoms with Crippen molar-refractivity contribution in [2.75, 3.05) is 45.3 Å². The zero-order valence-electron chi connectivity index (χ0n) is 25.9. The number of aromatic nitrogens is 3. The van der Waals surface area contributed by atoms with Gasteiger partial charge >= 0.3 is 0 Å². The zero-order valence-corrected chi connectivity index (χ0v) is 25.9. The van der Waals surface area contributed by atoms with Gasteiger partial charge in [-0.15, -0.1) is 0 Å². The third-order valence-corrected chi connectivity index (χ3v) is 9.24. The lowest BCUT2D eigenvalue weighted by atomic mass is 9.79. The number of ether oxygens (including phenoxy) is 2. The fourth-order valence-corrected chi connectivity index (χ4v) is 6.79. The van der Waals surface area contributed by atoms with Crippen LogP contribution in [0.4, 0.5) is 5.82 Å². The van der Waals surface area contributed by atoms with Gasteiger partial charge in [-0.25, -0.2) is 4.98 Å². The van der Waals surface area contributed by atoms with Gasteiger partial charge in [0.25, 0.3) is 5.91 Å². The van der Waals surface area contributed by atoms with Crippen LogP contribution in [-0.2, 0) is 43.7 Å². The highest BCUT2D eigenvalue weighted by atomic mass is 16.5. The molecule has 236 valence electrons. The maximum absolute atomic E-state index is 13.8. The Morgan fingerprint density at radius 2 is 1.85 bits per heavy atom. The van der Waals surface area contributed by atoms with Crippen LogP contribution in [0.3, 0.4) is 0 Å². The van der Waals surface area contributed by atoms with Gasteiger partial charge in [-0.05, 0) is 71.8 Å². The smallest absolute Gasteiger partial charge is 0.251 e. The molecule has 3 N–H and O–H groups in total. The van der Waals surface area contributed by atoms with Gasteiger partial charge in [0.15, 0.2) is 0 Å². The molecule has 4 heterocycles. The Bertz CT molecular complexity index is 1880. The van der Waals surface area contributed by atoms with E-state index in [2.05, 4.69) is 25.8 Å². The molecule has 46 heavy (non-hydrogen) atoms. The van der Waals surface area contributed by atoms with Gasteiger partial charge in [0, 0.05) is 42.7 Å². The third kappa shape index (κ3) is 5.56. The molecule has 0 radical (unpaired) electrons. The summed E-state index contributed by atoms with van der Waals surface area (Å²) < 4.78 is 11.4.